The number of benzene rings is 1. The van der Waals surface area contributed by atoms with Crippen LogP contribution in [0.25, 0.3) is 0 Å². The van der Waals surface area contributed by atoms with Crippen LogP contribution in [0.1, 0.15) is 29.9 Å². The number of methoxy groups -OCH3 is 1. The minimum absolute atomic E-state index is 0.429. The Hall–Kier alpha value is -0.710. The van der Waals surface area contributed by atoms with Gasteiger partial charge < -0.3 is 9.94 Å². The molecule has 0 aromatic heterocycles. The number of hydrogen-bond donors (Lipinski definition) is 2. The summed E-state index contributed by atoms with van der Waals surface area (Å²) in [7, 11) is 1.66. The summed E-state index contributed by atoms with van der Waals surface area (Å²) >= 11 is 2.04. The summed E-state index contributed by atoms with van der Waals surface area (Å²) in [6, 6.07) is 6.31. The van der Waals surface area contributed by atoms with Crippen LogP contribution in [0.5, 0.6) is 5.75 Å². The molecule has 0 bridgehead atoms. The minimum atomic E-state index is 0.429. The van der Waals surface area contributed by atoms with Crippen molar-refractivity contribution >= 4 is 11.8 Å². The zero-order chi connectivity index (χ0) is 12.1. The summed E-state index contributed by atoms with van der Waals surface area (Å²) in [6.07, 6.45) is 2.51. The number of thioether (sulfide) groups is 1. The van der Waals surface area contributed by atoms with E-state index in [-0.39, 0.29) is 0 Å². The van der Waals surface area contributed by atoms with Crippen molar-refractivity contribution in [3.63, 3.8) is 0 Å². The maximum atomic E-state index is 8.83. The highest BCUT2D eigenvalue weighted by Gasteiger charge is 2.17. The van der Waals surface area contributed by atoms with Gasteiger partial charge >= 0.3 is 0 Å². The van der Waals surface area contributed by atoms with Gasteiger partial charge in [0, 0.05) is 12.1 Å². The first-order valence-electron chi connectivity index (χ1n) is 5.96. The van der Waals surface area contributed by atoms with Crippen LogP contribution in [0.4, 0.5) is 0 Å². The van der Waals surface area contributed by atoms with E-state index in [0.717, 1.165) is 11.3 Å². The van der Waals surface area contributed by atoms with Crippen molar-refractivity contribution in [2.75, 3.05) is 18.6 Å². The number of hydroxylamine groups is 1. The quantitative estimate of drug-likeness (QED) is 0.810. The van der Waals surface area contributed by atoms with Crippen molar-refractivity contribution in [3.05, 3.63) is 29.3 Å². The average Bonchev–Trinajstić information content (AvgIpc) is 2.40. The molecule has 1 heterocycles. The lowest BCUT2D eigenvalue weighted by molar-refractivity contribution is 0.160. The highest BCUT2D eigenvalue weighted by molar-refractivity contribution is 7.99. The molecule has 0 radical (unpaired) electrons. The molecule has 1 fully saturated rings. The van der Waals surface area contributed by atoms with E-state index >= 15 is 0 Å². The molecule has 1 aromatic carbocycles. The molecule has 0 unspecified atom stereocenters. The second-order valence-corrected chi connectivity index (χ2v) is 5.52. The van der Waals surface area contributed by atoms with Crippen molar-refractivity contribution in [1.82, 2.24) is 5.48 Å². The third kappa shape index (κ3) is 3.15. The van der Waals surface area contributed by atoms with Crippen molar-refractivity contribution < 1.29 is 9.94 Å². The van der Waals surface area contributed by atoms with Gasteiger partial charge in [-0.25, -0.2) is 5.48 Å². The molecular weight excluding hydrogens is 234 g/mol. The summed E-state index contributed by atoms with van der Waals surface area (Å²) in [5, 5.41) is 8.83. The van der Waals surface area contributed by atoms with Crippen molar-refractivity contribution in [2.45, 2.75) is 25.3 Å². The standard InChI is InChI=1S/C13H19NO2S/c1-16-13-3-2-11(8-12(13)9-14-15)10-4-6-17-7-5-10/h2-3,8,10,14-15H,4-7,9H2,1H3. The Bertz CT molecular complexity index is 364. The molecule has 1 aromatic rings. The summed E-state index contributed by atoms with van der Waals surface area (Å²) in [5.41, 5.74) is 4.60. The molecule has 1 aliphatic rings. The summed E-state index contributed by atoms with van der Waals surface area (Å²) in [6.45, 7) is 0.429. The van der Waals surface area contributed by atoms with Crippen LogP contribution in [0, 0.1) is 0 Å². The molecule has 4 heteroatoms. The van der Waals surface area contributed by atoms with Crippen LogP contribution in [-0.2, 0) is 6.54 Å². The predicted molar refractivity (Wildman–Crippen MR) is 70.9 cm³/mol. The van der Waals surface area contributed by atoms with Crippen molar-refractivity contribution in [3.8, 4) is 5.75 Å². The fraction of sp³-hybridized carbons (Fsp3) is 0.538. The first-order valence-corrected chi connectivity index (χ1v) is 7.12. The van der Waals surface area contributed by atoms with Gasteiger partial charge in [0.25, 0.3) is 0 Å². The van der Waals surface area contributed by atoms with E-state index in [4.69, 9.17) is 9.94 Å². The number of rotatable bonds is 4. The van der Waals surface area contributed by atoms with Gasteiger partial charge in [0.1, 0.15) is 5.75 Å². The normalized spacial score (nSPS) is 17.1. The molecule has 0 spiro atoms. The maximum absolute atomic E-state index is 8.83. The van der Waals surface area contributed by atoms with Crippen LogP contribution in [0.15, 0.2) is 18.2 Å². The monoisotopic (exact) mass is 253 g/mol. The van der Waals surface area contributed by atoms with E-state index in [9.17, 15) is 0 Å². The second kappa shape index (κ2) is 6.28. The Kier molecular flexibility index (Phi) is 4.71. The Balaban J connectivity index is 2.19. The molecule has 2 N–H and O–H groups in total. The van der Waals surface area contributed by atoms with Gasteiger partial charge in [-0.2, -0.15) is 11.8 Å². The van der Waals surface area contributed by atoms with Gasteiger partial charge in [-0.15, -0.1) is 0 Å². The van der Waals surface area contributed by atoms with E-state index in [1.807, 2.05) is 17.8 Å². The van der Waals surface area contributed by atoms with Gasteiger partial charge in [-0.1, -0.05) is 12.1 Å². The fourth-order valence-corrected chi connectivity index (χ4v) is 3.41. The SMILES string of the molecule is COc1ccc(C2CCSCC2)cc1CNO. The molecule has 3 nitrogen and oxygen atoms in total. The van der Waals surface area contributed by atoms with E-state index in [1.165, 1.54) is 29.9 Å². The molecule has 17 heavy (non-hydrogen) atoms. The molecule has 1 aliphatic heterocycles. The molecule has 0 saturated carbocycles. The van der Waals surface area contributed by atoms with Gasteiger partial charge in [0.05, 0.1) is 7.11 Å². The largest absolute Gasteiger partial charge is 0.496 e. The van der Waals surface area contributed by atoms with Gasteiger partial charge in [0.15, 0.2) is 0 Å². The van der Waals surface area contributed by atoms with Gasteiger partial charge in [0.2, 0.25) is 0 Å². The van der Waals surface area contributed by atoms with E-state index < -0.39 is 0 Å². The minimum Gasteiger partial charge on any atom is -0.496 e. The zero-order valence-electron chi connectivity index (χ0n) is 10.1. The van der Waals surface area contributed by atoms with E-state index in [0.29, 0.717) is 12.5 Å². The molecule has 1 saturated heterocycles. The molecule has 0 amide bonds. The van der Waals surface area contributed by atoms with Crippen LogP contribution >= 0.6 is 11.8 Å². The van der Waals surface area contributed by atoms with Crippen molar-refractivity contribution in [1.29, 1.82) is 0 Å². The highest BCUT2D eigenvalue weighted by Crippen LogP contribution is 2.33. The first-order chi connectivity index (χ1) is 8.35. The molecule has 94 valence electrons. The van der Waals surface area contributed by atoms with Gasteiger partial charge in [-0.05, 0) is 41.9 Å². The predicted octanol–water partition coefficient (Wildman–Crippen LogP) is 2.78. The third-order valence-electron chi connectivity index (χ3n) is 3.27. The van der Waals surface area contributed by atoms with Crippen LogP contribution in [0.3, 0.4) is 0 Å². The highest BCUT2D eigenvalue weighted by atomic mass is 32.2. The Labute approximate surface area is 107 Å². The van der Waals surface area contributed by atoms with Gasteiger partial charge in [-0.3, -0.25) is 0 Å². The molecule has 2 rings (SSSR count). The topological polar surface area (TPSA) is 41.5 Å². The lowest BCUT2D eigenvalue weighted by Crippen LogP contribution is -2.11. The fourth-order valence-electron chi connectivity index (χ4n) is 2.31. The third-order valence-corrected chi connectivity index (χ3v) is 4.32. The van der Waals surface area contributed by atoms with E-state index in [1.54, 1.807) is 7.11 Å². The molecule has 0 aliphatic carbocycles. The Morgan fingerprint density at radius 3 is 2.82 bits per heavy atom. The Morgan fingerprint density at radius 2 is 2.18 bits per heavy atom. The average molecular weight is 253 g/mol. The molecule has 0 atom stereocenters. The van der Waals surface area contributed by atoms with Crippen LogP contribution in [-0.4, -0.2) is 23.8 Å². The number of hydrogen-bond acceptors (Lipinski definition) is 4. The number of nitrogens with one attached hydrogen (secondary N) is 1. The zero-order valence-corrected chi connectivity index (χ0v) is 10.9. The first kappa shape index (κ1) is 12.7. The smallest absolute Gasteiger partial charge is 0.123 e. The second-order valence-electron chi connectivity index (χ2n) is 4.29. The van der Waals surface area contributed by atoms with Crippen molar-refractivity contribution in [2.24, 2.45) is 0 Å². The lowest BCUT2D eigenvalue weighted by atomic mass is 9.92. The maximum Gasteiger partial charge on any atom is 0.123 e. The Morgan fingerprint density at radius 1 is 1.41 bits per heavy atom. The molecular formula is C13H19NO2S. The lowest BCUT2D eigenvalue weighted by Gasteiger charge is -2.22. The summed E-state index contributed by atoms with van der Waals surface area (Å²) in [4.78, 5) is 0. The summed E-state index contributed by atoms with van der Waals surface area (Å²) in [5.74, 6) is 4.01. The van der Waals surface area contributed by atoms with Crippen LogP contribution < -0.4 is 10.2 Å². The van der Waals surface area contributed by atoms with E-state index in [2.05, 4.69) is 17.6 Å². The number of ether oxygens (including phenoxy) is 1. The summed E-state index contributed by atoms with van der Waals surface area (Å²) < 4.78 is 5.28. The van der Waals surface area contributed by atoms with Crippen LogP contribution in [0.2, 0.25) is 0 Å².